The minimum absolute atomic E-state index is 0.0193. The van der Waals surface area contributed by atoms with Crippen LogP contribution in [0.1, 0.15) is 29.2 Å². The molecule has 3 amide bonds. The van der Waals surface area contributed by atoms with Crippen LogP contribution in [0.3, 0.4) is 0 Å². The molecular weight excluding hydrogens is 440 g/mol. The van der Waals surface area contributed by atoms with Gasteiger partial charge in [0, 0.05) is 49.4 Å². The molecule has 5 rings (SSSR count). The topological polar surface area (TPSA) is 83.4 Å². The number of piperidine rings is 1. The zero-order chi connectivity index (χ0) is 24.4. The van der Waals surface area contributed by atoms with Crippen LogP contribution in [0.15, 0.2) is 77.6 Å². The third-order valence-corrected chi connectivity index (χ3v) is 6.98. The Hall–Kier alpha value is -3.87. The molecule has 3 aromatic rings. The number of nitrogens with one attached hydrogen (secondary N) is 2. The lowest BCUT2D eigenvalue weighted by atomic mass is 9.83. The number of fused-ring (bicyclic) bond motifs is 4. The Labute approximate surface area is 204 Å². The second kappa shape index (κ2) is 9.78. The van der Waals surface area contributed by atoms with Crippen molar-refractivity contribution in [3.63, 3.8) is 0 Å². The van der Waals surface area contributed by atoms with E-state index in [1.807, 2.05) is 72.2 Å². The number of likely N-dealkylation sites (tertiary alicyclic amines) is 1. The first-order valence-electron chi connectivity index (χ1n) is 12.1. The highest BCUT2D eigenvalue weighted by Gasteiger charge is 2.37. The van der Waals surface area contributed by atoms with Crippen LogP contribution >= 0.6 is 0 Å². The Balaban J connectivity index is 1.32. The van der Waals surface area contributed by atoms with Crippen molar-refractivity contribution < 1.29 is 9.59 Å². The highest BCUT2D eigenvalue weighted by atomic mass is 16.2. The summed E-state index contributed by atoms with van der Waals surface area (Å²) in [5.74, 6) is 0.0947. The molecule has 2 aromatic carbocycles. The lowest BCUT2D eigenvalue weighted by molar-refractivity contribution is -0.118. The molecule has 2 N–H and O–H groups in total. The summed E-state index contributed by atoms with van der Waals surface area (Å²) in [7, 11) is 0. The van der Waals surface area contributed by atoms with E-state index in [9.17, 15) is 14.4 Å². The normalized spacial score (nSPS) is 19.4. The fraction of sp³-hybridized carbons (Fsp3) is 0.321. The van der Waals surface area contributed by atoms with Gasteiger partial charge in [-0.3, -0.25) is 9.59 Å². The molecule has 2 bridgehead atoms. The molecule has 180 valence electrons. The van der Waals surface area contributed by atoms with Crippen molar-refractivity contribution in [1.82, 2.24) is 14.8 Å². The molecule has 3 atom stereocenters. The van der Waals surface area contributed by atoms with Crippen molar-refractivity contribution in [1.29, 1.82) is 0 Å². The quantitative estimate of drug-likeness (QED) is 0.598. The van der Waals surface area contributed by atoms with Gasteiger partial charge in [0.05, 0.1) is 0 Å². The maximum atomic E-state index is 13.4. The maximum Gasteiger partial charge on any atom is 0.318 e. The van der Waals surface area contributed by atoms with Crippen LogP contribution in [0.5, 0.6) is 0 Å². The number of hydrogen-bond acceptors (Lipinski definition) is 3. The zero-order valence-electron chi connectivity index (χ0n) is 19.8. The summed E-state index contributed by atoms with van der Waals surface area (Å²) in [6, 6.07) is 21.7. The molecule has 1 saturated heterocycles. The van der Waals surface area contributed by atoms with Gasteiger partial charge in [0.1, 0.15) is 6.04 Å². The number of anilines is 1. The van der Waals surface area contributed by atoms with Crippen molar-refractivity contribution >= 4 is 17.6 Å². The Morgan fingerprint density at radius 3 is 2.49 bits per heavy atom. The first-order valence-corrected chi connectivity index (χ1v) is 12.1. The summed E-state index contributed by atoms with van der Waals surface area (Å²) in [5, 5.41) is 5.94. The Bertz CT molecular complexity index is 1270. The molecule has 0 spiro atoms. The van der Waals surface area contributed by atoms with Crippen LogP contribution in [-0.4, -0.2) is 40.5 Å². The smallest absolute Gasteiger partial charge is 0.318 e. The number of amides is 3. The number of rotatable bonds is 5. The predicted octanol–water partition coefficient (Wildman–Crippen LogP) is 3.54. The van der Waals surface area contributed by atoms with Gasteiger partial charge >= 0.3 is 6.03 Å². The Kier molecular flexibility index (Phi) is 6.40. The summed E-state index contributed by atoms with van der Waals surface area (Å²) >= 11 is 0. The van der Waals surface area contributed by atoms with Crippen molar-refractivity contribution in [3.8, 4) is 0 Å². The highest BCUT2D eigenvalue weighted by Crippen LogP contribution is 2.34. The van der Waals surface area contributed by atoms with E-state index in [0.717, 1.165) is 23.2 Å². The van der Waals surface area contributed by atoms with Gasteiger partial charge in [-0.25, -0.2) is 4.79 Å². The maximum absolute atomic E-state index is 13.4. The number of aromatic nitrogens is 1. The first-order chi connectivity index (χ1) is 17.0. The summed E-state index contributed by atoms with van der Waals surface area (Å²) in [6.07, 6.45) is 1.36. The number of carbonyl (C=O) groups is 2. The van der Waals surface area contributed by atoms with E-state index in [0.29, 0.717) is 31.7 Å². The molecule has 0 saturated carbocycles. The molecule has 0 aliphatic carbocycles. The number of nitrogens with zero attached hydrogens (tertiary/aromatic N) is 2. The van der Waals surface area contributed by atoms with Crippen molar-refractivity contribution in [2.24, 2.45) is 5.92 Å². The number of aryl methyl sites for hydroxylation is 1. The summed E-state index contributed by atoms with van der Waals surface area (Å²) in [5.41, 5.74) is 3.79. The van der Waals surface area contributed by atoms with Gasteiger partial charge < -0.3 is 20.1 Å². The average molecular weight is 471 g/mol. The number of carbonyl (C=O) groups excluding carboxylic acids is 2. The standard InChI is InChI=1S/C28H30N4O3/c1-19-10-12-23(13-11-19)29-27(34)24(15-20-6-3-2-4-7-20)30-28(35)31-16-21-14-22(18-31)25-8-5-9-26(33)32(25)17-21/h2-13,21-22,24H,14-18H2,1H3,(H,29,34)(H,30,35)/t21-,22+,24-/m0/s1. The number of hydrogen-bond donors (Lipinski definition) is 2. The minimum atomic E-state index is -0.720. The largest absolute Gasteiger partial charge is 0.326 e. The first kappa shape index (κ1) is 22.9. The van der Waals surface area contributed by atoms with Gasteiger partial charge in [-0.2, -0.15) is 0 Å². The lowest BCUT2D eigenvalue weighted by Crippen LogP contribution is -2.55. The second-order valence-corrected chi connectivity index (χ2v) is 9.65. The van der Waals surface area contributed by atoms with Gasteiger partial charge in [-0.1, -0.05) is 54.1 Å². The Morgan fingerprint density at radius 1 is 0.943 bits per heavy atom. The van der Waals surface area contributed by atoms with Crippen LogP contribution in [0.4, 0.5) is 10.5 Å². The van der Waals surface area contributed by atoms with Crippen LogP contribution < -0.4 is 16.2 Å². The highest BCUT2D eigenvalue weighted by molar-refractivity contribution is 5.97. The third-order valence-electron chi connectivity index (χ3n) is 6.98. The van der Waals surface area contributed by atoms with Crippen LogP contribution in [0, 0.1) is 12.8 Å². The predicted molar refractivity (Wildman–Crippen MR) is 135 cm³/mol. The van der Waals surface area contributed by atoms with Crippen LogP contribution in [0.2, 0.25) is 0 Å². The molecule has 3 heterocycles. The summed E-state index contributed by atoms with van der Waals surface area (Å²) < 4.78 is 1.85. The average Bonchev–Trinajstić information content (AvgIpc) is 2.86. The van der Waals surface area contributed by atoms with E-state index in [1.54, 1.807) is 17.0 Å². The lowest BCUT2D eigenvalue weighted by Gasteiger charge is -2.43. The molecule has 7 heteroatoms. The van der Waals surface area contributed by atoms with Crippen molar-refractivity contribution in [3.05, 3.63) is 100.0 Å². The molecule has 35 heavy (non-hydrogen) atoms. The number of pyridine rings is 1. The molecule has 0 radical (unpaired) electrons. The fourth-order valence-corrected chi connectivity index (χ4v) is 5.23. The van der Waals surface area contributed by atoms with Crippen molar-refractivity contribution in [2.45, 2.75) is 38.3 Å². The van der Waals surface area contributed by atoms with E-state index >= 15 is 0 Å². The summed E-state index contributed by atoms with van der Waals surface area (Å²) in [4.78, 5) is 40.7. The van der Waals surface area contributed by atoms with E-state index < -0.39 is 6.04 Å². The molecule has 1 fully saturated rings. The van der Waals surface area contributed by atoms with Gasteiger partial charge in [0.2, 0.25) is 5.91 Å². The third kappa shape index (κ3) is 5.14. The molecule has 2 aliphatic rings. The van der Waals surface area contributed by atoms with E-state index in [4.69, 9.17) is 0 Å². The van der Waals surface area contributed by atoms with E-state index in [1.165, 1.54) is 0 Å². The van der Waals surface area contributed by atoms with E-state index in [2.05, 4.69) is 10.6 Å². The minimum Gasteiger partial charge on any atom is -0.326 e. The molecule has 1 aromatic heterocycles. The zero-order valence-corrected chi connectivity index (χ0v) is 19.8. The van der Waals surface area contributed by atoms with Crippen LogP contribution in [-0.2, 0) is 17.8 Å². The molecule has 2 aliphatic heterocycles. The van der Waals surface area contributed by atoms with Gasteiger partial charge in [0.15, 0.2) is 0 Å². The fourth-order valence-electron chi connectivity index (χ4n) is 5.23. The molecule has 7 nitrogen and oxygen atoms in total. The van der Waals surface area contributed by atoms with E-state index in [-0.39, 0.29) is 29.3 Å². The number of urea groups is 1. The monoisotopic (exact) mass is 470 g/mol. The van der Waals surface area contributed by atoms with Crippen molar-refractivity contribution in [2.75, 3.05) is 18.4 Å². The summed E-state index contributed by atoms with van der Waals surface area (Å²) in [6.45, 7) is 3.72. The van der Waals surface area contributed by atoms with Crippen LogP contribution in [0.25, 0.3) is 0 Å². The molecular formula is C28H30N4O3. The Morgan fingerprint density at radius 2 is 1.71 bits per heavy atom. The van der Waals surface area contributed by atoms with Gasteiger partial charge in [-0.05, 0) is 43.0 Å². The van der Waals surface area contributed by atoms with Gasteiger partial charge in [0.25, 0.3) is 5.56 Å². The number of benzene rings is 2. The SMILES string of the molecule is Cc1ccc(NC(=O)[C@H](Cc2ccccc2)NC(=O)N2C[C@@H]3C[C@H](C2)c2cccc(=O)n2C3)cc1. The van der Waals surface area contributed by atoms with Gasteiger partial charge in [-0.15, -0.1) is 0 Å². The molecule has 0 unspecified atom stereocenters. The second-order valence-electron chi connectivity index (χ2n) is 9.65.